The third-order valence-electron chi connectivity index (χ3n) is 2.61. The minimum Gasteiger partial charge on any atom is -0.244 e. The molecule has 0 aliphatic rings. The van der Waals surface area contributed by atoms with E-state index >= 15 is 0 Å². The Balaban J connectivity index is 2.08. The summed E-state index contributed by atoms with van der Waals surface area (Å²) < 4.78 is 26.9. The first-order valence-corrected chi connectivity index (χ1v) is 8.28. The SMILES string of the molecule is CC(Cc1cccs1)NS(=O)(=O)c1ccc(C#N)nc1. The van der Waals surface area contributed by atoms with Gasteiger partial charge >= 0.3 is 0 Å². The molecule has 2 aromatic rings. The second-order valence-electron chi connectivity index (χ2n) is 4.30. The Bertz CT molecular complexity index is 701. The van der Waals surface area contributed by atoms with Gasteiger partial charge in [0, 0.05) is 17.1 Å². The summed E-state index contributed by atoms with van der Waals surface area (Å²) in [4.78, 5) is 4.96. The predicted octanol–water partition coefficient (Wildman–Crippen LogP) is 1.92. The molecule has 0 aromatic carbocycles. The van der Waals surface area contributed by atoms with Crippen LogP contribution in [0, 0.1) is 11.3 Å². The lowest BCUT2D eigenvalue weighted by Crippen LogP contribution is -2.34. The minimum absolute atomic E-state index is 0.0644. The largest absolute Gasteiger partial charge is 0.244 e. The van der Waals surface area contributed by atoms with Gasteiger partial charge in [0.15, 0.2) is 0 Å². The Labute approximate surface area is 122 Å². The smallest absolute Gasteiger partial charge is 0.242 e. The number of thiophene rings is 1. The molecule has 0 spiro atoms. The van der Waals surface area contributed by atoms with Gasteiger partial charge in [-0.05, 0) is 36.9 Å². The molecule has 0 saturated heterocycles. The summed E-state index contributed by atoms with van der Waals surface area (Å²) in [5, 5.41) is 10.6. The zero-order chi connectivity index (χ0) is 14.6. The van der Waals surface area contributed by atoms with E-state index in [0.29, 0.717) is 6.42 Å². The lowest BCUT2D eigenvalue weighted by atomic mass is 10.2. The number of hydrogen-bond donors (Lipinski definition) is 1. The Kier molecular flexibility index (Phi) is 4.49. The van der Waals surface area contributed by atoms with Crippen molar-refractivity contribution in [3.8, 4) is 6.07 Å². The molecule has 0 aliphatic carbocycles. The number of sulfonamides is 1. The van der Waals surface area contributed by atoms with Crippen molar-refractivity contribution in [2.75, 3.05) is 0 Å². The highest BCUT2D eigenvalue weighted by molar-refractivity contribution is 7.89. The van der Waals surface area contributed by atoms with Gasteiger partial charge in [-0.1, -0.05) is 6.07 Å². The highest BCUT2D eigenvalue weighted by Crippen LogP contribution is 2.13. The van der Waals surface area contributed by atoms with Crippen LogP contribution in [0.15, 0.2) is 40.7 Å². The fourth-order valence-corrected chi connectivity index (χ4v) is 3.73. The lowest BCUT2D eigenvalue weighted by Gasteiger charge is -2.13. The molecule has 0 fully saturated rings. The average Bonchev–Trinajstić information content (AvgIpc) is 2.91. The standard InChI is InChI=1S/C13H13N3O2S2/c1-10(7-12-3-2-6-19-12)16-20(17,18)13-5-4-11(8-14)15-9-13/h2-6,9-10,16H,7H2,1H3. The molecule has 2 aromatic heterocycles. The molecule has 2 rings (SSSR count). The number of nitrogens with one attached hydrogen (secondary N) is 1. The summed E-state index contributed by atoms with van der Waals surface area (Å²) >= 11 is 1.59. The van der Waals surface area contributed by atoms with Gasteiger partial charge in [0.1, 0.15) is 16.7 Å². The summed E-state index contributed by atoms with van der Waals surface area (Å²) in [7, 11) is -3.60. The molecular formula is C13H13N3O2S2. The van der Waals surface area contributed by atoms with E-state index in [2.05, 4.69) is 9.71 Å². The van der Waals surface area contributed by atoms with Crippen LogP contribution in [-0.4, -0.2) is 19.4 Å². The van der Waals surface area contributed by atoms with Crippen molar-refractivity contribution >= 4 is 21.4 Å². The van der Waals surface area contributed by atoms with E-state index in [-0.39, 0.29) is 16.6 Å². The van der Waals surface area contributed by atoms with E-state index in [0.717, 1.165) is 4.88 Å². The molecule has 0 bridgehead atoms. The average molecular weight is 307 g/mol. The van der Waals surface area contributed by atoms with E-state index in [1.54, 1.807) is 11.3 Å². The van der Waals surface area contributed by atoms with Crippen LogP contribution in [0.2, 0.25) is 0 Å². The van der Waals surface area contributed by atoms with Gasteiger partial charge in [0.2, 0.25) is 10.0 Å². The van der Waals surface area contributed by atoms with E-state index < -0.39 is 10.0 Å². The number of rotatable bonds is 5. The maximum Gasteiger partial charge on any atom is 0.242 e. The van der Waals surface area contributed by atoms with Gasteiger partial charge < -0.3 is 0 Å². The molecule has 20 heavy (non-hydrogen) atoms. The fraction of sp³-hybridized carbons (Fsp3) is 0.231. The molecule has 0 radical (unpaired) electrons. The summed E-state index contributed by atoms with van der Waals surface area (Å²) in [6.45, 7) is 1.81. The van der Waals surface area contributed by atoms with Crippen molar-refractivity contribution in [3.05, 3.63) is 46.4 Å². The summed E-state index contributed by atoms with van der Waals surface area (Å²) in [5.74, 6) is 0. The van der Waals surface area contributed by atoms with Crippen LogP contribution in [0.3, 0.4) is 0 Å². The van der Waals surface area contributed by atoms with Crippen molar-refractivity contribution in [2.24, 2.45) is 0 Å². The second kappa shape index (κ2) is 6.13. The highest BCUT2D eigenvalue weighted by Gasteiger charge is 2.18. The summed E-state index contributed by atoms with van der Waals surface area (Å²) in [5.41, 5.74) is 0.190. The number of aromatic nitrogens is 1. The quantitative estimate of drug-likeness (QED) is 0.915. The molecule has 2 heterocycles. The lowest BCUT2D eigenvalue weighted by molar-refractivity contribution is 0.560. The molecule has 1 atom stereocenters. The van der Waals surface area contributed by atoms with Crippen molar-refractivity contribution in [1.29, 1.82) is 5.26 Å². The van der Waals surface area contributed by atoms with Crippen LogP contribution >= 0.6 is 11.3 Å². The van der Waals surface area contributed by atoms with E-state index in [1.165, 1.54) is 18.3 Å². The van der Waals surface area contributed by atoms with E-state index in [1.807, 2.05) is 30.5 Å². The van der Waals surface area contributed by atoms with Gasteiger partial charge in [-0.2, -0.15) is 5.26 Å². The Morgan fingerprint density at radius 2 is 2.25 bits per heavy atom. The molecule has 1 N–H and O–H groups in total. The monoisotopic (exact) mass is 307 g/mol. The molecular weight excluding hydrogens is 294 g/mol. The van der Waals surface area contributed by atoms with Gasteiger partial charge in [0.25, 0.3) is 0 Å². The van der Waals surface area contributed by atoms with Crippen LogP contribution in [0.25, 0.3) is 0 Å². The normalized spacial score (nSPS) is 12.8. The summed E-state index contributed by atoms with van der Waals surface area (Å²) in [6.07, 6.45) is 1.83. The van der Waals surface area contributed by atoms with Crippen molar-refractivity contribution in [3.63, 3.8) is 0 Å². The maximum absolute atomic E-state index is 12.1. The predicted molar refractivity (Wildman–Crippen MR) is 76.8 cm³/mol. The minimum atomic E-state index is -3.60. The molecule has 0 saturated carbocycles. The Morgan fingerprint density at radius 1 is 1.45 bits per heavy atom. The molecule has 0 aliphatic heterocycles. The topological polar surface area (TPSA) is 82.9 Å². The first-order valence-electron chi connectivity index (χ1n) is 5.92. The fourth-order valence-electron chi connectivity index (χ4n) is 1.71. The second-order valence-corrected chi connectivity index (χ2v) is 7.04. The van der Waals surface area contributed by atoms with E-state index in [4.69, 9.17) is 5.26 Å². The third kappa shape index (κ3) is 3.63. The van der Waals surface area contributed by atoms with E-state index in [9.17, 15) is 8.42 Å². The van der Waals surface area contributed by atoms with Crippen LogP contribution in [0.4, 0.5) is 0 Å². The molecule has 5 nitrogen and oxygen atoms in total. The van der Waals surface area contributed by atoms with Crippen molar-refractivity contribution < 1.29 is 8.42 Å². The third-order valence-corrected chi connectivity index (χ3v) is 5.08. The first kappa shape index (κ1) is 14.7. The Hall–Kier alpha value is -1.75. The number of hydrogen-bond acceptors (Lipinski definition) is 5. The van der Waals surface area contributed by atoms with Crippen LogP contribution in [0.5, 0.6) is 0 Å². The van der Waals surface area contributed by atoms with Crippen molar-refractivity contribution in [1.82, 2.24) is 9.71 Å². The molecule has 1 unspecified atom stereocenters. The van der Waals surface area contributed by atoms with Gasteiger partial charge in [-0.25, -0.2) is 18.1 Å². The van der Waals surface area contributed by atoms with Crippen LogP contribution in [-0.2, 0) is 16.4 Å². The molecule has 7 heteroatoms. The zero-order valence-electron chi connectivity index (χ0n) is 10.8. The van der Waals surface area contributed by atoms with Gasteiger partial charge in [0.05, 0.1) is 0 Å². The van der Waals surface area contributed by atoms with Crippen molar-refractivity contribution in [2.45, 2.75) is 24.3 Å². The van der Waals surface area contributed by atoms with Crippen LogP contribution in [0.1, 0.15) is 17.5 Å². The Morgan fingerprint density at radius 3 is 2.80 bits per heavy atom. The first-order chi connectivity index (χ1) is 9.51. The summed E-state index contributed by atoms with van der Waals surface area (Å²) in [6, 6.07) is 8.31. The molecule has 104 valence electrons. The van der Waals surface area contributed by atoms with Gasteiger partial charge in [-0.3, -0.25) is 0 Å². The maximum atomic E-state index is 12.1. The van der Waals surface area contributed by atoms with Gasteiger partial charge in [-0.15, -0.1) is 11.3 Å². The number of nitrogens with zero attached hydrogens (tertiary/aromatic N) is 2. The number of nitriles is 1. The zero-order valence-corrected chi connectivity index (χ0v) is 12.4. The molecule has 0 amide bonds. The van der Waals surface area contributed by atoms with Crippen LogP contribution < -0.4 is 4.72 Å². The highest BCUT2D eigenvalue weighted by atomic mass is 32.2. The number of pyridine rings is 1.